The van der Waals surface area contributed by atoms with Crippen molar-refractivity contribution >= 4 is 17.9 Å². The van der Waals surface area contributed by atoms with E-state index in [9.17, 15) is 9.59 Å². The summed E-state index contributed by atoms with van der Waals surface area (Å²) >= 11 is 0. The third-order valence-corrected chi connectivity index (χ3v) is 2.80. The third-order valence-electron chi connectivity index (χ3n) is 2.80. The van der Waals surface area contributed by atoms with E-state index in [1.54, 1.807) is 6.92 Å². The minimum absolute atomic E-state index is 0.0755. The van der Waals surface area contributed by atoms with Crippen LogP contribution in [-0.4, -0.2) is 26.9 Å². The molecule has 1 aromatic carbocycles. The fourth-order valence-electron chi connectivity index (χ4n) is 1.77. The van der Waals surface area contributed by atoms with Crippen molar-refractivity contribution in [2.45, 2.75) is 20.1 Å². The summed E-state index contributed by atoms with van der Waals surface area (Å²) in [5.41, 5.74) is 0.767. The Kier molecular flexibility index (Phi) is 4.55. The number of hydrogen-bond donors (Lipinski definition) is 2. The molecule has 2 rings (SSSR count). The molecule has 1 heterocycles. The Morgan fingerprint density at radius 2 is 2.05 bits per heavy atom. The van der Waals surface area contributed by atoms with E-state index in [0.29, 0.717) is 6.54 Å². The number of benzene rings is 1. The molecule has 0 atom stereocenters. The van der Waals surface area contributed by atoms with Gasteiger partial charge in [0.15, 0.2) is 0 Å². The molecule has 0 bridgehead atoms. The number of anilines is 1. The fraction of sp³-hybridized carbons (Fsp3) is 0.214. The van der Waals surface area contributed by atoms with E-state index in [0.717, 1.165) is 5.56 Å². The highest BCUT2D eigenvalue weighted by Gasteiger charge is 2.18. The standard InChI is InChI=1S/C14H15N3O4/c1-2-17-12(11(8-15-17)13(18)19)16-14(20)21-9-10-6-4-3-5-7-10/h3-8H,2,9H2,1H3,(H,16,20)(H,18,19). The summed E-state index contributed by atoms with van der Waals surface area (Å²) in [6.45, 7) is 2.33. The molecule has 7 nitrogen and oxygen atoms in total. The monoisotopic (exact) mass is 289 g/mol. The van der Waals surface area contributed by atoms with Gasteiger partial charge in [0.2, 0.25) is 0 Å². The fourth-order valence-corrected chi connectivity index (χ4v) is 1.77. The van der Waals surface area contributed by atoms with Crippen molar-refractivity contribution < 1.29 is 19.4 Å². The van der Waals surface area contributed by atoms with Crippen molar-refractivity contribution in [3.05, 3.63) is 47.7 Å². The molecule has 0 unspecified atom stereocenters. The number of rotatable bonds is 5. The molecule has 2 aromatic rings. The molecule has 0 saturated carbocycles. The Hall–Kier alpha value is -2.83. The summed E-state index contributed by atoms with van der Waals surface area (Å²) in [5.74, 6) is -1.05. The molecule has 7 heteroatoms. The van der Waals surface area contributed by atoms with E-state index in [4.69, 9.17) is 9.84 Å². The number of aromatic carboxylic acids is 1. The predicted octanol–water partition coefficient (Wildman–Crippen LogP) is 2.35. The Morgan fingerprint density at radius 3 is 2.67 bits per heavy atom. The first kappa shape index (κ1) is 14.6. The Labute approximate surface area is 121 Å². The SMILES string of the molecule is CCn1ncc(C(=O)O)c1NC(=O)OCc1ccccc1. The summed E-state index contributed by atoms with van der Waals surface area (Å²) in [7, 11) is 0. The van der Waals surface area contributed by atoms with Crippen LogP contribution in [0.25, 0.3) is 0 Å². The number of nitrogens with one attached hydrogen (secondary N) is 1. The summed E-state index contributed by atoms with van der Waals surface area (Å²) in [6.07, 6.45) is 0.468. The van der Waals surface area contributed by atoms with Gasteiger partial charge in [0.05, 0.1) is 6.20 Å². The number of aryl methyl sites for hydroxylation is 1. The van der Waals surface area contributed by atoms with Gasteiger partial charge in [-0.05, 0) is 12.5 Å². The van der Waals surface area contributed by atoms with Crippen molar-refractivity contribution in [1.82, 2.24) is 9.78 Å². The lowest BCUT2D eigenvalue weighted by Crippen LogP contribution is -2.18. The molecule has 110 valence electrons. The second-order valence-corrected chi connectivity index (χ2v) is 4.21. The molecule has 1 amide bonds. The van der Waals surface area contributed by atoms with E-state index >= 15 is 0 Å². The van der Waals surface area contributed by atoms with Gasteiger partial charge in [0.25, 0.3) is 0 Å². The molecule has 0 saturated heterocycles. The highest BCUT2D eigenvalue weighted by atomic mass is 16.5. The number of hydrogen-bond acceptors (Lipinski definition) is 4. The van der Waals surface area contributed by atoms with Crippen LogP contribution in [0.3, 0.4) is 0 Å². The minimum atomic E-state index is -1.16. The van der Waals surface area contributed by atoms with Crippen LogP contribution in [-0.2, 0) is 17.9 Å². The van der Waals surface area contributed by atoms with Crippen LogP contribution in [0.2, 0.25) is 0 Å². The molecule has 0 radical (unpaired) electrons. The average molecular weight is 289 g/mol. The van der Waals surface area contributed by atoms with Crippen LogP contribution in [0.5, 0.6) is 0 Å². The van der Waals surface area contributed by atoms with E-state index in [2.05, 4.69) is 10.4 Å². The zero-order valence-electron chi connectivity index (χ0n) is 11.4. The number of carboxylic acid groups (broad SMARTS) is 1. The maximum atomic E-state index is 11.8. The largest absolute Gasteiger partial charge is 0.477 e. The lowest BCUT2D eigenvalue weighted by Gasteiger charge is -2.09. The molecular formula is C14H15N3O4. The average Bonchev–Trinajstić information content (AvgIpc) is 2.89. The Morgan fingerprint density at radius 1 is 1.33 bits per heavy atom. The van der Waals surface area contributed by atoms with E-state index in [-0.39, 0.29) is 18.0 Å². The number of aromatic nitrogens is 2. The molecular weight excluding hydrogens is 274 g/mol. The Balaban J connectivity index is 2.02. The van der Waals surface area contributed by atoms with Crippen molar-refractivity contribution in [2.75, 3.05) is 5.32 Å². The number of carbonyl (C=O) groups is 2. The van der Waals surface area contributed by atoms with Crippen molar-refractivity contribution in [3.63, 3.8) is 0 Å². The number of carbonyl (C=O) groups excluding carboxylic acids is 1. The smallest absolute Gasteiger partial charge is 0.413 e. The van der Waals surface area contributed by atoms with E-state index in [1.165, 1.54) is 10.9 Å². The maximum Gasteiger partial charge on any atom is 0.413 e. The van der Waals surface area contributed by atoms with E-state index < -0.39 is 12.1 Å². The summed E-state index contributed by atoms with van der Waals surface area (Å²) < 4.78 is 6.43. The zero-order valence-corrected chi connectivity index (χ0v) is 11.4. The third kappa shape index (κ3) is 3.59. The summed E-state index contributed by atoms with van der Waals surface area (Å²) in [4.78, 5) is 22.8. The lowest BCUT2D eigenvalue weighted by atomic mass is 10.2. The quantitative estimate of drug-likeness (QED) is 0.881. The minimum Gasteiger partial charge on any atom is -0.477 e. The molecule has 0 spiro atoms. The maximum absolute atomic E-state index is 11.8. The van der Waals surface area contributed by atoms with E-state index in [1.807, 2.05) is 30.3 Å². The molecule has 0 fully saturated rings. The summed E-state index contributed by atoms with van der Waals surface area (Å²) in [5, 5.41) is 15.4. The van der Waals surface area contributed by atoms with Crippen molar-refractivity contribution in [1.29, 1.82) is 0 Å². The van der Waals surface area contributed by atoms with Gasteiger partial charge in [0.1, 0.15) is 18.0 Å². The highest BCUT2D eigenvalue weighted by Crippen LogP contribution is 2.15. The molecule has 0 aliphatic heterocycles. The first-order valence-corrected chi connectivity index (χ1v) is 6.38. The normalized spacial score (nSPS) is 10.1. The highest BCUT2D eigenvalue weighted by molar-refractivity contribution is 5.97. The summed E-state index contributed by atoms with van der Waals surface area (Å²) in [6, 6.07) is 9.19. The topological polar surface area (TPSA) is 93.5 Å². The van der Waals surface area contributed by atoms with Crippen LogP contribution in [0.4, 0.5) is 10.6 Å². The van der Waals surface area contributed by atoms with Crippen LogP contribution >= 0.6 is 0 Å². The molecule has 1 aromatic heterocycles. The molecule has 21 heavy (non-hydrogen) atoms. The number of amides is 1. The van der Waals surface area contributed by atoms with Gasteiger partial charge in [-0.1, -0.05) is 30.3 Å². The first-order valence-electron chi connectivity index (χ1n) is 6.38. The van der Waals surface area contributed by atoms with Gasteiger partial charge in [-0.25, -0.2) is 14.3 Å². The molecule has 0 aliphatic carbocycles. The number of carboxylic acids is 1. The second-order valence-electron chi connectivity index (χ2n) is 4.21. The molecule has 2 N–H and O–H groups in total. The van der Waals surface area contributed by atoms with Crippen molar-refractivity contribution in [3.8, 4) is 0 Å². The Bertz CT molecular complexity index is 637. The predicted molar refractivity (Wildman–Crippen MR) is 75.1 cm³/mol. The zero-order chi connectivity index (χ0) is 15.2. The van der Waals surface area contributed by atoms with Crippen LogP contribution in [0.1, 0.15) is 22.8 Å². The van der Waals surface area contributed by atoms with Gasteiger partial charge in [-0.15, -0.1) is 0 Å². The van der Waals surface area contributed by atoms with Gasteiger partial charge in [0, 0.05) is 6.54 Å². The van der Waals surface area contributed by atoms with Gasteiger partial charge in [-0.2, -0.15) is 5.10 Å². The van der Waals surface area contributed by atoms with Gasteiger partial charge < -0.3 is 9.84 Å². The van der Waals surface area contributed by atoms with Crippen LogP contribution in [0.15, 0.2) is 36.5 Å². The number of ether oxygens (including phenoxy) is 1. The van der Waals surface area contributed by atoms with Crippen molar-refractivity contribution in [2.24, 2.45) is 0 Å². The lowest BCUT2D eigenvalue weighted by molar-refractivity contribution is 0.0698. The van der Waals surface area contributed by atoms with Crippen LogP contribution < -0.4 is 5.32 Å². The first-order chi connectivity index (χ1) is 10.1. The van der Waals surface area contributed by atoms with Gasteiger partial charge >= 0.3 is 12.1 Å². The number of nitrogens with zero attached hydrogens (tertiary/aromatic N) is 2. The van der Waals surface area contributed by atoms with Crippen LogP contribution in [0, 0.1) is 0 Å². The van der Waals surface area contributed by atoms with Gasteiger partial charge in [-0.3, -0.25) is 5.32 Å². The second kappa shape index (κ2) is 6.56. The molecule has 0 aliphatic rings.